The predicted octanol–water partition coefficient (Wildman–Crippen LogP) is 1.87. The molecule has 1 aromatic carbocycles. The van der Waals surface area contributed by atoms with Gasteiger partial charge in [0.1, 0.15) is 5.82 Å². The lowest BCUT2D eigenvalue weighted by atomic mass is 10.0. The van der Waals surface area contributed by atoms with Crippen LogP contribution in [0.25, 0.3) is 0 Å². The summed E-state index contributed by atoms with van der Waals surface area (Å²) in [5, 5.41) is 3.10. The fraction of sp³-hybridized carbons (Fsp3) is 0.250. The topological polar surface area (TPSA) is 29.9 Å². The number of hydrogen-bond donors (Lipinski definition) is 1. The lowest BCUT2D eigenvalue weighted by Crippen LogP contribution is -2.21. The van der Waals surface area contributed by atoms with E-state index in [2.05, 4.69) is 10.3 Å². The largest absolute Gasteiger partial charge is 0.336 e. The Morgan fingerprint density at radius 3 is 2.69 bits per heavy atom. The molecule has 1 aromatic heterocycles. The van der Waals surface area contributed by atoms with Crippen LogP contribution in [0.1, 0.15) is 17.3 Å². The first-order chi connectivity index (χ1) is 7.74. The summed E-state index contributed by atoms with van der Waals surface area (Å²) in [5.74, 6) is -0.206. The minimum absolute atomic E-state index is 0.173. The van der Waals surface area contributed by atoms with Gasteiger partial charge in [-0.05, 0) is 13.1 Å². The molecule has 2 aromatic rings. The zero-order valence-electron chi connectivity index (χ0n) is 9.31. The molecule has 0 radical (unpaired) electrons. The van der Waals surface area contributed by atoms with Crippen LogP contribution in [0.5, 0.6) is 0 Å². The van der Waals surface area contributed by atoms with E-state index in [0.717, 1.165) is 5.69 Å². The van der Waals surface area contributed by atoms with E-state index in [1.807, 2.05) is 24.7 Å². The Kier molecular flexibility index (Phi) is 3.01. The molecule has 0 saturated carbocycles. The minimum Gasteiger partial charge on any atom is -0.336 e. The van der Waals surface area contributed by atoms with Gasteiger partial charge in [0.25, 0.3) is 0 Å². The highest BCUT2D eigenvalue weighted by Gasteiger charge is 2.17. The average Bonchev–Trinajstić information content (AvgIpc) is 2.69. The van der Waals surface area contributed by atoms with Crippen molar-refractivity contribution in [3.8, 4) is 0 Å². The maximum atomic E-state index is 13.7. The van der Waals surface area contributed by atoms with Crippen molar-refractivity contribution in [2.24, 2.45) is 7.05 Å². The van der Waals surface area contributed by atoms with E-state index in [-0.39, 0.29) is 11.9 Å². The fourth-order valence-electron chi connectivity index (χ4n) is 1.82. The van der Waals surface area contributed by atoms with Crippen LogP contribution in [0.3, 0.4) is 0 Å². The van der Waals surface area contributed by atoms with Crippen LogP contribution in [-0.2, 0) is 7.05 Å². The van der Waals surface area contributed by atoms with Crippen LogP contribution in [-0.4, -0.2) is 16.6 Å². The molecular weight excluding hydrogens is 205 g/mol. The van der Waals surface area contributed by atoms with E-state index < -0.39 is 0 Å². The number of hydrogen-bond acceptors (Lipinski definition) is 2. The zero-order valence-corrected chi connectivity index (χ0v) is 9.31. The Morgan fingerprint density at radius 2 is 2.12 bits per heavy atom. The van der Waals surface area contributed by atoms with Gasteiger partial charge in [-0.2, -0.15) is 0 Å². The molecule has 0 spiro atoms. The molecule has 3 nitrogen and oxygen atoms in total. The van der Waals surface area contributed by atoms with Crippen molar-refractivity contribution in [3.05, 3.63) is 53.9 Å². The molecule has 1 unspecified atom stereocenters. The highest BCUT2D eigenvalue weighted by Crippen LogP contribution is 2.23. The number of aromatic nitrogens is 2. The van der Waals surface area contributed by atoms with Crippen molar-refractivity contribution < 1.29 is 4.39 Å². The molecule has 0 aliphatic carbocycles. The summed E-state index contributed by atoms with van der Waals surface area (Å²) in [4.78, 5) is 4.05. The second kappa shape index (κ2) is 4.45. The Balaban J connectivity index is 2.45. The summed E-state index contributed by atoms with van der Waals surface area (Å²) < 4.78 is 15.6. The summed E-state index contributed by atoms with van der Waals surface area (Å²) in [6.45, 7) is 0. The smallest absolute Gasteiger partial charge is 0.128 e. The Labute approximate surface area is 93.9 Å². The third-order valence-corrected chi connectivity index (χ3v) is 2.65. The SMILES string of the molecule is CNC(c1ccccc1F)c1cncn1C. The van der Waals surface area contributed by atoms with E-state index in [0.29, 0.717) is 5.56 Å². The molecule has 0 aliphatic rings. The third kappa shape index (κ3) is 1.84. The Morgan fingerprint density at radius 1 is 1.38 bits per heavy atom. The van der Waals surface area contributed by atoms with Crippen LogP contribution in [0, 0.1) is 5.82 Å². The van der Waals surface area contributed by atoms with Crippen molar-refractivity contribution in [1.82, 2.24) is 14.9 Å². The monoisotopic (exact) mass is 219 g/mol. The summed E-state index contributed by atoms with van der Waals surface area (Å²) >= 11 is 0. The normalized spacial score (nSPS) is 12.7. The summed E-state index contributed by atoms with van der Waals surface area (Å²) in [6, 6.07) is 6.60. The van der Waals surface area contributed by atoms with E-state index in [1.54, 1.807) is 24.7 Å². The van der Waals surface area contributed by atoms with E-state index in [4.69, 9.17) is 0 Å². The zero-order chi connectivity index (χ0) is 11.5. The average molecular weight is 219 g/mol. The number of imidazole rings is 1. The van der Waals surface area contributed by atoms with Gasteiger partial charge >= 0.3 is 0 Å². The number of aryl methyl sites for hydroxylation is 1. The van der Waals surface area contributed by atoms with Gasteiger partial charge in [0.15, 0.2) is 0 Å². The molecule has 84 valence electrons. The van der Waals surface area contributed by atoms with E-state index in [1.165, 1.54) is 6.07 Å². The van der Waals surface area contributed by atoms with Crippen molar-refractivity contribution in [3.63, 3.8) is 0 Å². The quantitative estimate of drug-likeness (QED) is 0.854. The second-order valence-corrected chi connectivity index (χ2v) is 3.67. The number of benzene rings is 1. The van der Waals surface area contributed by atoms with E-state index in [9.17, 15) is 4.39 Å². The number of halogens is 1. The predicted molar refractivity (Wildman–Crippen MR) is 60.5 cm³/mol. The van der Waals surface area contributed by atoms with Crippen molar-refractivity contribution in [2.45, 2.75) is 6.04 Å². The van der Waals surface area contributed by atoms with Gasteiger partial charge in [-0.1, -0.05) is 18.2 Å². The molecule has 0 aliphatic heterocycles. The van der Waals surface area contributed by atoms with Crippen LogP contribution in [0.4, 0.5) is 4.39 Å². The van der Waals surface area contributed by atoms with Crippen molar-refractivity contribution in [2.75, 3.05) is 7.05 Å². The van der Waals surface area contributed by atoms with Crippen molar-refractivity contribution in [1.29, 1.82) is 0 Å². The number of nitrogens with zero attached hydrogens (tertiary/aromatic N) is 2. The molecule has 2 rings (SSSR count). The molecule has 0 amide bonds. The van der Waals surface area contributed by atoms with Gasteiger partial charge in [0.2, 0.25) is 0 Å². The van der Waals surface area contributed by atoms with Crippen LogP contribution in [0.15, 0.2) is 36.8 Å². The van der Waals surface area contributed by atoms with Gasteiger partial charge in [-0.25, -0.2) is 9.37 Å². The molecule has 4 heteroatoms. The maximum absolute atomic E-state index is 13.7. The maximum Gasteiger partial charge on any atom is 0.128 e. The molecule has 0 bridgehead atoms. The van der Waals surface area contributed by atoms with Crippen molar-refractivity contribution >= 4 is 0 Å². The summed E-state index contributed by atoms with van der Waals surface area (Å²) in [7, 11) is 3.71. The van der Waals surface area contributed by atoms with Crippen LogP contribution >= 0.6 is 0 Å². The van der Waals surface area contributed by atoms with Gasteiger partial charge in [0, 0.05) is 12.6 Å². The molecule has 0 saturated heterocycles. The standard InChI is InChI=1S/C12H14FN3/c1-14-12(11-7-15-8-16(11)2)9-5-3-4-6-10(9)13/h3-8,12,14H,1-2H3. The van der Waals surface area contributed by atoms with Gasteiger partial charge in [-0.15, -0.1) is 0 Å². The molecule has 16 heavy (non-hydrogen) atoms. The first-order valence-corrected chi connectivity index (χ1v) is 5.12. The highest BCUT2D eigenvalue weighted by molar-refractivity contribution is 5.28. The first kappa shape index (κ1) is 10.8. The lowest BCUT2D eigenvalue weighted by Gasteiger charge is -2.17. The van der Waals surface area contributed by atoms with E-state index >= 15 is 0 Å². The molecule has 1 N–H and O–H groups in total. The van der Waals surface area contributed by atoms with Crippen LogP contribution in [0.2, 0.25) is 0 Å². The first-order valence-electron chi connectivity index (χ1n) is 5.12. The van der Waals surface area contributed by atoms with Crippen LogP contribution < -0.4 is 5.32 Å². The molecular formula is C12H14FN3. The molecule has 0 fully saturated rings. The lowest BCUT2D eigenvalue weighted by molar-refractivity contribution is 0.561. The minimum atomic E-state index is -0.206. The Hall–Kier alpha value is -1.68. The number of rotatable bonds is 3. The third-order valence-electron chi connectivity index (χ3n) is 2.65. The molecule has 1 atom stereocenters. The Bertz CT molecular complexity index is 479. The van der Waals surface area contributed by atoms with Gasteiger partial charge in [0.05, 0.1) is 24.3 Å². The summed E-state index contributed by atoms with van der Waals surface area (Å²) in [5.41, 5.74) is 1.57. The number of nitrogens with one attached hydrogen (secondary N) is 1. The second-order valence-electron chi connectivity index (χ2n) is 3.67. The molecule has 1 heterocycles. The summed E-state index contributed by atoms with van der Waals surface area (Å²) in [6.07, 6.45) is 3.45. The van der Waals surface area contributed by atoms with Gasteiger partial charge in [-0.3, -0.25) is 0 Å². The fourth-order valence-corrected chi connectivity index (χ4v) is 1.82. The highest BCUT2D eigenvalue weighted by atomic mass is 19.1. The van der Waals surface area contributed by atoms with Gasteiger partial charge < -0.3 is 9.88 Å².